The fourth-order valence-electron chi connectivity index (χ4n) is 3.29. The number of allylic oxidation sites excluding steroid dienone is 4. The van der Waals surface area contributed by atoms with E-state index in [9.17, 15) is 4.79 Å². The third-order valence-corrected chi connectivity index (χ3v) is 5.56. The number of aryl methyl sites for hydroxylation is 3. The molecule has 4 rings (SSSR count). The van der Waals surface area contributed by atoms with Crippen LogP contribution in [0.25, 0.3) is 16.6 Å². The lowest BCUT2D eigenvalue weighted by molar-refractivity contribution is 0.0962. The molecule has 2 heterocycles. The van der Waals surface area contributed by atoms with E-state index in [2.05, 4.69) is 53.4 Å². The normalized spacial score (nSPS) is 10.5. The molecule has 0 saturated heterocycles. The van der Waals surface area contributed by atoms with E-state index >= 15 is 0 Å². The zero-order valence-corrected chi connectivity index (χ0v) is 24.1. The first-order valence-electron chi connectivity index (χ1n) is 13.0. The minimum Gasteiger partial charge on any atom is -0.399 e. The number of fused-ring (bicyclic) bond motifs is 1. The molecular weight excluding hydrogens is 470 g/mol. The maximum absolute atomic E-state index is 11.1. The van der Waals surface area contributed by atoms with Gasteiger partial charge >= 0.3 is 0 Å². The Labute approximate surface area is 228 Å². The monoisotopic (exact) mass is 513 g/mol. The highest BCUT2D eigenvalue weighted by Gasteiger charge is 2.04. The van der Waals surface area contributed by atoms with Crippen LogP contribution in [0.3, 0.4) is 0 Å². The standard InChI is InChI=1S/C13H15N3.C9H11NO.C8H11N.C2H6/c1-4-5-6-10(2)11-7-13-12(8-14-11)15-9-16(13)3;1-7-5-3-4-6-8(7)9(11)10-2;1-2-7-3-5-8(9)6-4-7;1-2/h4-9H,1-3H3;3-6H,1-2H3,(H,10,11);3-6H,2,9H2,1H3;1-2H3/b5-4-,10-6+;;;. The number of hydrogen-bond acceptors (Lipinski definition) is 4. The summed E-state index contributed by atoms with van der Waals surface area (Å²) in [7, 11) is 3.62. The van der Waals surface area contributed by atoms with Gasteiger partial charge in [-0.3, -0.25) is 9.78 Å². The van der Waals surface area contributed by atoms with Crippen molar-refractivity contribution in [3.63, 3.8) is 0 Å². The van der Waals surface area contributed by atoms with Gasteiger partial charge in [-0.05, 0) is 68.2 Å². The van der Waals surface area contributed by atoms with E-state index < -0.39 is 0 Å². The summed E-state index contributed by atoms with van der Waals surface area (Å²) in [6, 6.07) is 17.5. The van der Waals surface area contributed by atoms with Gasteiger partial charge < -0.3 is 15.6 Å². The Hall–Kier alpha value is -4.19. The fraction of sp³-hybridized carbons (Fsp3) is 0.281. The van der Waals surface area contributed by atoms with Gasteiger partial charge in [0.05, 0.1) is 23.7 Å². The van der Waals surface area contributed by atoms with Gasteiger partial charge in [0.15, 0.2) is 0 Å². The Morgan fingerprint density at radius 1 is 1.08 bits per heavy atom. The van der Waals surface area contributed by atoms with Crippen LogP contribution in [0, 0.1) is 6.92 Å². The van der Waals surface area contributed by atoms with E-state index in [1.165, 1.54) is 5.56 Å². The molecule has 4 aromatic rings. The van der Waals surface area contributed by atoms with Crippen molar-refractivity contribution in [2.45, 2.75) is 48.0 Å². The van der Waals surface area contributed by atoms with E-state index in [0.29, 0.717) is 0 Å². The first-order chi connectivity index (χ1) is 18.3. The highest BCUT2D eigenvalue weighted by Crippen LogP contribution is 2.17. The quantitative estimate of drug-likeness (QED) is 0.224. The number of carbonyl (C=O) groups excluding carboxylic acids is 1. The molecule has 1 amide bonds. The van der Waals surface area contributed by atoms with Crippen molar-refractivity contribution in [3.8, 4) is 0 Å². The molecule has 0 atom stereocenters. The molecule has 0 radical (unpaired) electrons. The lowest BCUT2D eigenvalue weighted by Crippen LogP contribution is -2.18. The molecule has 2 aromatic heterocycles. The smallest absolute Gasteiger partial charge is 0.251 e. The molecule has 0 aliphatic rings. The molecular formula is C32H43N5O. The summed E-state index contributed by atoms with van der Waals surface area (Å²) in [5.41, 5.74) is 13.6. The number of pyridine rings is 1. The van der Waals surface area contributed by atoms with Crippen LogP contribution in [0.4, 0.5) is 5.69 Å². The number of hydrogen-bond donors (Lipinski definition) is 2. The van der Waals surface area contributed by atoms with Crippen LogP contribution < -0.4 is 11.1 Å². The van der Waals surface area contributed by atoms with Crippen molar-refractivity contribution >= 4 is 28.2 Å². The van der Waals surface area contributed by atoms with Crippen LogP contribution in [0.1, 0.15) is 61.8 Å². The van der Waals surface area contributed by atoms with Gasteiger partial charge in [0.1, 0.15) is 5.52 Å². The van der Waals surface area contributed by atoms with Crippen molar-refractivity contribution in [3.05, 3.63) is 108 Å². The number of amides is 1. The lowest BCUT2D eigenvalue weighted by Gasteiger charge is -2.01. The third kappa shape index (κ3) is 10.1. The topological polar surface area (TPSA) is 85.8 Å². The Balaban J connectivity index is 0.000000288. The molecule has 0 aliphatic heterocycles. The zero-order valence-electron chi connectivity index (χ0n) is 24.1. The van der Waals surface area contributed by atoms with Gasteiger partial charge in [-0.25, -0.2) is 4.98 Å². The molecule has 6 heteroatoms. The molecule has 0 fully saturated rings. The Morgan fingerprint density at radius 2 is 1.74 bits per heavy atom. The SMILES string of the molecule is C/C=C\C=C(/C)c1cc2c(cn1)ncn2C.CC.CCc1ccc(N)cc1.CNC(=O)c1ccccc1C. The molecule has 3 N–H and O–H groups in total. The predicted octanol–water partition coefficient (Wildman–Crippen LogP) is 7.16. The summed E-state index contributed by atoms with van der Waals surface area (Å²) < 4.78 is 2.00. The summed E-state index contributed by atoms with van der Waals surface area (Å²) in [6.45, 7) is 12.1. The van der Waals surface area contributed by atoms with Crippen molar-refractivity contribution < 1.29 is 4.79 Å². The van der Waals surface area contributed by atoms with Crippen LogP contribution in [-0.2, 0) is 13.5 Å². The van der Waals surface area contributed by atoms with E-state index in [-0.39, 0.29) is 5.91 Å². The van der Waals surface area contributed by atoms with E-state index in [1.54, 1.807) is 13.4 Å². The largest absolute Gasteiger partial charge is 0.399 e. The fourth-order valence-corrected chi connectivity index (χ4v) is 3.29. The van der Waals surface area contributed by atoms with Crippen LogP contribution in [-0.4, -0.2) is 27.5 Å². The average molecular weight is 514 g/mol. The van der Waals surface area contributed by atoms with Crippen LogP contribution in [0.15, 0.2) is 85.3 Å². The summed E-state index contributed by atoms with van der Waals surface area (Å²) in [4.78, 5) is 19.8. The van der Waals surface area contributed by atoms with E-state index in [0.717, 1.165) is 45.5 Å². The summed E-state index contributed by atoms with van der Waals surface area (Å²) >= 11 is 0. The van der Waals surface area contributed by atoms with Crippen molar-refractivity contribution in [2.75, 3.05) is 12.8 Å². The minimum absolute atomic E-state index is 0.0249. The Kier molecular flexibility index (Phi) is 14.5. The van der Waals surface area contributed by atoms with Crippen LogP contribution >= 0.6 is 0 Å². The predicted molar refractivity (Wildman–Crippen MR) is 163 cm³/mol. The van der Waals surface area contributed by atoms with E-state index in [4.69, 9.17) is 5.73 Å². The second kappa shape index (κ2) is 17.3. The maximum atomic E-state index is 11.1. The second-order valence-corrected chi connectivity index (χ2v) is 8.28. The molecule has 6 nitrogen and oxygen atoms in total. The third-order valence-electron chi connectivity index (χ3n) is 5.56. The van der Waals surface area contributed by atoms with Gasteiger partial charge in [0.25, 0.3) is 5.91 Å². The first-order valence-corrected chi connectivity index (χ1v) is 13.0. The molecule has 0 unspecified atom stereocenters. The number of carbonyl (C=O) groups is 1. The molecule has 0 bridgehead atoms. The van der Waals surface area contributed by atoms with Crippen LogP contribution in [0.5, 0.6) is 0 Å². The highest BCUT2D eigenvalue weighted by atomic mass is 16.1. The molecule has 0 spiro atoms. The number of rotatable bonds is 4. The zero-order chi connectivity index (χ0) is 28.5. The van der Waals surface area contributed by atoms with Crippen LogP contribution in [0.2, 0.25) is 0 Å². The number of nitrogens with zero attached hydrogens (tertiary/aromatic N) is 3. The van der Waals surface area contributed by atoms with Gasteiger partial charge in [0, 0.05) is 25.3 Å². The summed E-state index contributed by atoms with van der Waals surface area (Å²) in [5.74, 6) is -0.0249. The highest BCUT2D eigenvalue weighted by molar-refractivity contribution is 5.95. The summed E-state index contributed by atoms with van der Waals surface area (Å²) in [6.07, 6.45) is 10.8. The number of nitrogen functional groups attached to an aromatic ring is 1. The second-order valence-electron chi connectivity index (χ2n) is 8.28. The van der Waals surface area contributed by atoms with Crippen molar-refractivity contribution in [1.82, 2.24) is 19.9 Å². The van der Waals surface area contributed by atoms with Crippen molar-refractivity contribution in [1.29, 1.82) is 0 Å². The first kappa shape index (κ1) is 31.8. The number of anilines is 1. The molecule has 0 saturated carbocycles. The average Bonchev–Trinajstić information content (AvgIpc) is 3.33. The van der Waals surface area contributed by atoms with Gasteiger partial charge in [-0.2, -0.15) is 0 Å². The van der Waals surface area contributed by atoms with Gasteiger partial charge in [-0.1, -0.05) is 69.3 Å². The number of imidazole rings is 1. The Bertz CT molecular complexity index is 1320. The number of aromatic nitrogens is 3. The van der Waals surface area contributed by atoms with E-state index in [1.807, 2.05) is 94.1 Å². The maximum Gasteiger partial charge on any atom is 0.251 e. The Morgan fingerprint density at radius 3 is 2.32 bits per heavy atom. The minimum atomic E-state index is -0.0249. The van der Waals surface area contributed by atoms with Gasteiger partial charge in [-0.15, -0.1) is 0 Å². The lowest BCUT2D eigenvalue weighted by atomic mass is 10.1. The number of nitrogens with one attached hydrogen (secondary N) is 1. The molecule has 0 aliphatic carbocycles. The number of nitrogens with two attached hydrogens (primary N) is 1. The van der Waals surface area contributed by atoms with Gasteiger partial charge in [0.2, 0.25) is 0 Å². The molecule has 2 aromatic carbocycles. The molecule has 202 valence electrons. The summed E-state index contributed by atoms with van der Waals surface area (Å²) in [5, 5.41) is 2.58. The van der Waals surface area contributed by atoms with Crippen molar-refractivity contribution in [2.24, 2.45) is 7.05 Å². The molecule has 38 heavy (non-hydrogen) atoms. The number of benzene rings is 2.